The summed E-state index contributed by atoms with van der Waals surface area (Å²) in [6, 6.07) is 29.4. The second-order valence-electron chi connectivity index (χ2n) is 33.4. The molecule has 0 saturated heterocycles. The van der Waals surface area contributed by atoms with Gasteiger partial charge in [0, 0.05) is 110 Å². The van der Waals surface area contributed by atoms with Gasteiger partial charge in [-0.05, 0) is 178 Å². The summed E-state index contributed by atoms with van der Waals surface area (Å²) in [7, 11) is 4.98. The predicted molar refractivity (Wildman–Crippen MR) is 473 cm³/mol. The molecule has 18 rings (SSSR count). The molecule has 0 spiro atoms. The van der Waals surface area contributed by atoms with E-state index < -0.39 is 75.9 Å². The maximum Gasteiger partial charge on any atom is 0.417 e. The number of imide groups is 3. The SMILES string of the molecule is C.C.C.CC(C)(C)OC(=O)N1Cc2c(-c3cnc4cc(F)ccn34)ccc(N)c2C1=O.COC1(c2ccc(Nc3ccc(-c4cnc5cc(F)ccn45)c4c3C(=O)N(C(=O)OC(C)(C)C)C4)nc2CN)CC1.[C-]#[N+]c1ccc(C2(OC)CC2)c(Cl)n1.[C-]#[N+]c1nc(Nc2ccc(-c3cnc4cc(F)ccn34)c3c2C(=O)N(C(=O)OC(C)(C)C)C3)ccc1C1(OC)CC1. The number of benzene rings is 3. The van der Waals surface area contributed by atoms with Crippen LogP contribution in [0.25, 0.3) is 60.4 Å². The molecular weight excluding hydrogens is 1650 g/mol. The zero-order valence-corrected chi connectivity index (χ0v) is 70.5. The Morgan fingerprint density at radius 2 is 0.835 bits per heavy atom. The molecule has 0 bridgehead atoms. The summed E-state index contributed by atoms with van der Waals surface area (Å²) in [6.45, 7) is 30.3. The summed E-state index contributed by atoms with van der Waals surface area (Å²) in [5.74, 6) is -1.31. The fraction of sp³-hybridized carbons (Fsp3) is 0.333. The van der Waals surface area contributed by atoms with Crippen LogP contribution in [0.5, 0.6) is 0 Å². The number of carbonyl (C=O) groups is 6. The third-order valence-electron chi connectivity index (χ3n) is 21.8. The molecule has 3 aliphatic carbocycles. The molecule has 6 N–H and O–H groups in total. The maximum atomic E-state index is 13.8. The number of hydrogen-bond acceptors (Lipinski definition) is 22. The largest absolute Gasteiger partial charge is 0.443 e. The molecule has 6 aliphatic rings. The first kappa shape index (κ1) is 92.5. The minimum atomic E-state index is -0.801. The third-order valence-corrected chi connectivity index (χ3v) is 22.1. The summed E-state index contributed by atoms with van der Waals surface area (Å²) >= 11 is 5.98. The van der Waals surface area contributed by atoms with Gasteiger partial charge >= 0.3 is 18.3 Å². The average molecular weight is 1750 g/mol. The van der Waals surface area contributed by atoms with E-state index in [9.17, 15) is 41.9 Å². The Balaban J connectivity index is 0.000000161. The number of ether oxygens (including phenoxy) is 6. The number of carbonyl (C=O) groups excluding carboxylic acids is 6. The van der Waals surface area contributed by atoms with Gasteiger partial charge in [0.1, 0.15) is 57.0 Å². The highest BCUT2D eigenvalue weighted by atomic mass is 35.5. The lowest BCUT2D eigenvalue weighted by molar-refractivity contribution is 0.0231. The van der Waals surface area contributed by atoms with Gasteiger partial charge in [0.25, 0.3) is 29.4 Å². The number of imidazole rings is 3. The molecule has 127 heavy (non-hydrogen) atoms. The van der Waals surface area contributed by atoms with Gasteiger partial charge in [-0.15, -0.1) is 9.97 Å². The average Bonchev–Trinajstić information content (AvgIpc) is 1.61. The van der Waals surface area contributed by atoms with E-state index in [4.69, 9.17) is 69.6 Å². The van der Waals surface area contributed by atoms with Gasteiger partial charge in [-0.1, -0.05) is 71.8 Å². The fourth-order valence-electron chi connectivity index (χ4n) is 15.4. The topological polar surface area (TPSA) is 343 Å². The molecule has 3 saturated carbocycles. The Hall–Kier alpha value is -13.7. The van der Waals surface area contributed by atoms with Crippen LogP contribution in [0.4, 0.5) is 67.9 Å². The number of nitrogens with two attached hydrogens (primary N) is 2. The van der Waals surface area contributed by atoms with Crippen molar-refractivity contribution >= 4 is 105 Å². The number of fused-ring (bicyclic) bond motifs is 6. The number of pyridine rings is 6. The number of rotatable bonds is 14. The molecule has 0 radical (unpaired) electrons. The zero-order chi connectivity index (χ0) is 88.6. The zero-order valence-electron chi connectivity index (χ0n) is 69.8. The molecule has 660 valence electrons. The maximum absolute atomic E-state index is 13.8. The lowest BCUT2D eigenvalue weighted by atomic mass is 9.99. The highest BCUT2D eigenvalue weighted by molar-refractivity contribution is 6.30. The Morgan fingerprint density at radius 1 is 0.480 bits per heavy atom. The van der Waals surface area contributed by atoms with E-state index >= 15 is 0 Å². The van der Waals surface area contributed by atoms with Crippen molar-refractivity contribution in [2.24, 2.45) is 5.73 Å². The molecule has 0 atom stereocenters. The van der Waals surface area contributed by atoms with E-state index in [2.05, 4.69) is 45.2 Å². The molecule has 34 heteroatoms. The summed E-state index contributed by atoms with van der Waals surface area (Å²) in [5, 5.41) is 6.84. The first-order chi connectivity index (χ1) is 58.9. The number of nitrogens with zero attached hydrogens (tertiary/aromatic N) is 14. The van der Waals surface area contributed by atoms with Crippen LogP contribution >= 0.6 is 11.6 Å². The van der Waals surface area contributed by atoms with Crippen LogP contribution in [-0.4, -0.2) is 132 Å². The lowest BCUT2D eigenvalue weighted by Gasteiger charge is -2.23. The van der Waals surface area contributed by atoms with Gasteiger partial charge < -0.3 is 60.2 Å². The van der Waals surface area contributed by atoms with E-state index in [1.165, 1.54) is 36.4 Å². The third kappa shape index (κ3) is 18.3. The number of aromatic nitrogens is 9. The van der Waals surface area contributed by atoms with Crippen molar-refractivity contribution in [2.75, 3.05) is 37.7 Å². The highest BCUT2D eigenvalue weighted by Crippen LogP contribution is 2.54. The minimum Gasteiger partial charge on any atom is -0.443 e. The fourth-order valence-corrected chi connectivity index (χ4v) is 15.7. The number of anilines is 5. The van der Waals surface area contributed by atoms with Crippen molar-refractivity contribution in [1.29, 1.82) is 0 Å². The van der Waals surface area contributed by atoms with Crippen molar-refractivity contribution in [2.45, 2.75) is 183 Å². The number of halogens is 4. The van der Waals surface area contributed by atoms with Crippen LogP contribution in [0.2, 0.25) is 5.15 Å². The molecule has 3 aliphatic heterocycles. The van der Waals surface area contributed by atoms with E-state index in [-0.39, 0.29) is 82.3 Å². The van der Waals surface area contributed by atoms with Crippen LogP contribution in [0.1, 0.15) is 193 Å². The molecule has 12 heterocycles. The van der Waals surface area contributed by atoms with Crippen molar-refractivity contribution in [3.63, 3.8) is 0 Å². The molecule has 12 aromatic rings. The van der Waals surface area contributed by atoms with Crippen molar-refractivity contribution in [3.8, 4) is 33.8 Å². The number of nitrogen functional groups attached to an aromatic ring is 1. The van der Waals surface area contributed by atoms with Gasteiger partial charge in [0.15, 0.2) is 0 Å². The standard InChI is InChI=1S/C30H27FN6O4.C30H31FN6O4.C20H19FN4O3.C10H9ClN2O.3CH4/c1-29(2,3)41-28(39)37-16-19-18(22-15-33-24-14-17(31)10-13-36(22)24)6-8-21(25(19)27(37)38)34-23-9-7-20(26(32-4)35-23)30(40-5)11-12-30;1-29(2,3)41-28(39)37-16-19-18(23-15-33-25-13-17(31)9-12-36(23)25)5-7-21(26(19)27(37)38)34-24-8-6-20(22(14-32)35-24)30(40-4)10-11-30;1-20(2,3)28-19(27)25-10-13-12(4-5-14(22)17(13)18(25)26)15-9-23-16-8-11(21)6-7-24(15)16;1-12-8-4-3-7(9(11)13-8)10(14-2)5-6-10;;;/h6-10,13-15H,11-12,16H2,1-3,5H3,(H,34,35);5-9,12-13,15H,10-11,14,16,32H2,1-4H3,(H,34,35);4-9H,10,22H2,1-3H3;3-4H,5-6H2,2H3;3*1H4. The summed E-state index contributed by atoms with van der Waals surface area (Å²) in [6.07, 6.45) is 12.7. The van der Waals surface area contributed by atoms with Crippen LogP contribution in [0.3, 0.4) is 0 Å². The van der Waals surface area contributed by atoms with Crippen LogP contribution in [0, 0.1) is 30.6 Å². The second kappa shape index (κ2) is 35.4. The molecule has 6 amide bonds. The predicted octanol–water partition coefficient (Wildman–Crippen LogP) is 20.1. The van der Waals surface area contributed by atoms with Gasteiger partial charge in [0.05, 0.1) is 106 Å². The van der Waals surface area contributed by atoms with Gasteiger partial charge in [-0.25, -0.2) is 62.2 Å². The Labute approximate surface area is 737 Å². The Bertz CT molecular complexity index is 6480. The summed E-state index contributed by atoms with van der Waals surface area (Å²) in [4.78, 5) is 115. The Kier molecular flexibility index (Phi) is 25.8. The molecular formula is C93H98ClF3N18O12. The summed E-state index contributed by atoms with van der Waals surface area (Å²) < 4.78 is 79.5. The molecule has 30 nitrogen and oxygen atoms in total. The van der Waals surface area contributed by atoms with Crippen LogP contribution in [0.15, 0.2) is 146 Å². The quantitative estimate of drug-likeness (QED) is 0.0340. The number of hydrogen-bond donors (Lipinski definition) is 4. The number of nitrogens with one attached hydrogen (secondary N) is 2. The number of amides is 6. The number of methoxy groups -OCH3 is 3. The highest BCUT2D eigenvalue weighted by Gasteiger charge is 2.50. The van der Waals surface area contributed by atoms with Crippen LogP contribution in [-0.2, 0) is 71.4 Å². The normalized spacial score (nSPS) is 15.1. The van der Waals surface area contributed by atoms with Crippen molar-refractivity contribution in [3.05, 3.63) is 248 Å². The van der Waals surface area contributed by atoms with Gasteiger partial charge in [-0.2, -0.15) is 0 Å². The Morgan fingerprint density at radius 3 is 1.20 bits per heavy atom. The van der Waals surface area contributed by atoms with E-state index in [0.29, 0.717) is 113 Å². The van der Waals surface area contributed by atoms with E-state index in [1.807, 2.05) is 36.4 Å². The second-order valence-corrected chi connectivity index (χ2v) is 33.7. The van der Waals surface area contributed by atoms with E-state index in [1.54, 1.807) is 170 Å². The lowest BCUT2D eigenvalue weighted by Crippen LogP contribution is -2.37. The first-order valence-corrected chi connectivity index (χ1v) is 39.9. The van der Waals surface area contributed by atoms with Crippen molar-refractivity contribution < 1.29 is 70.4 Å². The molecule has 3 fully saturated rings. The van der Waals surface area contributed by atoms with Crippen LogP contribution < -0.4 is 22.1 Å². The smallest absolute Gasteiger partial charge is 0.417 e. The summed E-state index contributed by atoms with van der Waals surface area (Å²) in [5.41, 5.74) is 21.2. The minimum absolute atomic E-state index is 0. The van der Waals surface area contributed by atoms with Gasteiger partial charge in [0.2, 0.25) is 11.0 Å². The monoisotopic (exact) mass is 1750 g/mol. The van der Waals surface area contributed by atoms with Crippen molar-refractivity contribution in [1.82, 2.24) is 57.8 Å². The van der Waals surface area contributed by atoms with Gasteiger partial charge in [-0.3, -0.25) is 27.6 Å². The van der Waals surface area contributed by atoms with E-state index in [0.717, 1.165) is 69.9 Å². The first-order valence-electron chi connectivity index (χ1n) is 39.5. The molecule has 3 aromatic carbocycles. The molecule has 9 aromatic heterocycles. The molecule has 0 unspecified atom stereocenters.